The maximum atomic E-state index is 6.01. The van der Waals surface area contributed by atoms with Gasteiger partial charge in [-0.25, -0.2) is 0 Å². The maximum Gasteiger partial charge on any atom is 0.229 e. The van der Waals surface area contributed by atoms with Crippen LogP contribution in [0.15, 0.2) is 42.4 Å². The van der Waals surface area contributed by atoms with Gasteiger partial charge >= 0.3 is 0 Å². The van der Waals surface area contributed by atoms with E-state index in [1.54, 1.807) is 6.26 Å². The van der Waals surface area contributed by atoms with Crippen LogP contribution < -0.4 is 5.73 Å². The van der Waals surface area contributed by atoms with Crippen LogP contribution >= 0.6 is 0 Å². The molecule has 2 rings (SSSR count). The van der Waals surface area contributed by atoms with E-state index in [2.05, 4.69) is 12.1 Å². The van der Waals surface area contributed by atoms with Crippen molar-refractivity contribution >= 4 is 0 Å². The van der Waals surface area contributed by atoms with Gasteiger partial charge in [-0.15, -0.1) is 0 Å². The molecule has 0 aliphatic carbocycles. The smallest absolute Gasteiger partial charge is 0.229 e. The third kappa shape index (κ3) is 2.99. The highest BCUT2D eigenvalue weighted by Gasteiger charge is 2.12. The first-order valence-corrected chi connectivity index (χ1v) is 5.07. The van der Waals surface area contributed by atoms with E-state index in [-0.39, 0.29) is 6.04 Å². The minimum atomic E-state index is 0.0837. The number of benzene rings is 1. The topological polar surface area (TPSA) is 44.5 Å². The highest BCUT2D eigenvalue weighted by molar-refractivity contribution is 5.16. The van der Waals surface area contributed by atoms with E-state index in [0.717, 1.165) is 18.6 Å². The molecule has 0 amide bonds. The number of rotatable bonds is 4. The summed E-state index contributed by atoms with van der Waals surface area (Å²) in [4.78, 5) is 0. The Morgan fingerprint density at radius 3 is 2.67 bits per heavy atom. The van der Waals surface area contributed by atoms with Crippen molar-refractivity contribution in [3.8, 4) is 0 Å². The third-order valence-corrected chi connectivity index (χ3v) is 2.33. The first-order valence-electron chi connectivity index (χ1n) is 5.07. The van der Waals surface area contributed by atoms with E-state index in [0.29, 0.717) is 6.79 Å². The van der Waals surface area contributed by atoms with E-state index in [9.17, 15) is 0 Å². The molecule has 0 radical (unpaired) electrons. The fourth-order valence-corrected chi connectivity index (χ4v) is 1.63. The van der Waals surface area contributed by atoms with Crippen LogP contribution in [0.25, 0.3) is 0 Å². The molecule has 0 spiro atoms. The van der Waals surface area contributed by atoms with E-state index >= 15 is 0 Å². The highest BCUT2D eigenvalue weighted by atomic mass is 16.7. The molecule has 1 atom stereocenters. The molecule has 1 aromatic rings. The predicted octanol–water partition coefficient (Wildman–Crippen LogP) is 1.79. The molecule has 1 aromatic carbocycles. The standard InChI is InChI=1S/C12H15NO2/c13-11(7-12-8-14-9-15-12)6-10-4-2-1-3-5-10/h1-5,8,11H,6-7,9,13H2/t11-/m1/s1. The summed E-state index contributed by atoms with van der Waals surface area (Å²) in [5.41, 5.74) is 7.26. The van der Waals surface area contributed by atoms with Gasteiger partial charge in [0.15, 0.2) is 0 Å². The van der Waals surface area contributed by atoms with Crippen molar-refractivity contribution in [1.29, 1.82) is 0 Å². The van der Waals surface area contributed by atoms with Gasteiger partial charge in [0.1, 0.15) is 12.0 Å². The molecule has 1 aliphatic rings. The molecule has 3 heteroatoms. The van der Waals surface area contributed by atoms with Crippen LogP contribution in [0, 0.1) is 0 Å². The Balaban J connectivity index is 1.84. The van der Waals surface area contributed by atoms with Gasteiger partial charge in [-0.05, 0) is 12.0 Å². The Morgan fingerprint density at radius 1 is 1.20 bits per heavy atom. The molecule has 0 bridgehead atoms. The Kier molecular flexibility index (Phi) is 3.25. The summed E-state index contributed by atoms with van der Waals surface area (Å²) in [7, 11) is 0. The van der Waals surface area contributed by atoms with Gasteiger partial charge in [0, 0.05) is 12.5 Å². The molecule has 0 saturated carbocycles. The van der Waals surface area contributed by atoms with Crippen molar-refractivity contribution in [2.45, 2.75) is 18.9 Å². The van der Waals surface area contributed by atoms with E-state index in [1.807, 2.05) is 18.2 Å². The van der Waals surface area contributed by atoms with Gasteiger partial charge in [0.2, 0.25) is 6.79 Å². The molecule has 0 fully saturated rings. The third-order valence-electron chi connectivity index (χ3n) is 2.33. The number of nitrogens with two attached hydrogens (primary N) is 1. The predicted molar refractivity (Wildman–Crippen MR) is 57.9 cm³/mol. The fourth-order valence-electron chi connectivity index (χ4n) is 1.63. The van der Waals surface area contributed by atoms with Crippen LogP contribution in [-0.4, -0.2) is 12.8 Å². The van der Waals surface area contributed by atoms with Crippen LogP contribution in [0.2, 0.25) is 0 Å². The van der Waals surface area contributed by atoms with E-state index < -0.39 is 0 Å². The summed E-state index contributed by atoms with van der Waals surface area (Å²) >= 11 is 0. The van der Waals surface area contributed by atoms with Gasteiger partial charge in [-0.1, -0.05) is 30.3 Å². The van der Waals surface area contributed by atoms with Crippen molar-refractivity contribution in [3.05, 3.63) is 47.9 Å². The Hall–Kier alpha value is -1.48. The Bertz CT molecular complexity index is 335. The normalized spacial score (nSPS) is 16.5. The Morgan fingerprint density at radius 2 is 2.00 bits per heavy atom. The average Bonchev–Trinajstić information content (AvgIpc) is 2.71. The number of hydrogen-bond acceptors (Lipinski definition) is 3. The number of ether oxygens (including phenoxy) is 2. The second kappa shape index (κ2) is 4.84. The zero-order valence-corrected chi connectivity index (χ0v) is 8.56. The zero-order valence-electron chi connectivity index (χ0n) is 8.56. The maximum absolute atomic E-state index is 6.01. The first-order chi connectivity index (χ1) is 7.34. The van der Waals surface area contributed by atoms with E-state index in [1.165, 1.54) is 5.56 Å². The highest BCUT2D eigenvalue weighted by Crippen LogP contribution is 2.14. The average molecular weight is 205 g/mol. The quantitative estimate of drug-likeness (QED) is 0.815. The summed E-state index contributed by atoms with van der Waals surface area (Å²) in [5.74, 6) is 0.846. The van der Waals surface area contributed by atoms with Gasteiger partial charge in [-0.2, -0.15) is 0 Å². The zero-order chi connectivity index (χ0) is 10.5. The van der Waals surface area contributed by atoms with Gasteiger partial charge in [0.05, 0.1) is 0 Å². The summed E-state index contributed by atoms with van der Waals surface area (Å²) in [6.07, 6.45) is 3.24. The summed E-state index contributed by atoms with van der Waals surface area (Å²) in [5, 5.41) is 0. The second-order valence-corrected chi connectivity index (χ2v) is 3.67. The monoisotopic (exact) mass is 205 g/mol. The molecule has 0 saturated heterocycles. The lowest BCUT2D eigenvalue weighted by molar-refractivity contribution is 0.0770. The molecule has 1 aliphatic heterocycles. The van der Waals surface area contributed by atoms with Crippen LogP contribution in [-0.2, 0) is 15.9 Å². The SMILES string of the molecule is N[C@@H](CC1=COCO1)Cc1ccccc1. The molecule has 3 nitrogen and oxygen atoms in total. The molecule has 2 N–H and O–H groups in total. The molecule has 15 heavy (non-hydrogen) atoms. The molecular formula is C12H15NO2. The summed E-state index contributed by atoms with van der Waals surface area (Å²) < 4.78 is 10.2. The van der Waals surface area contributed by atoms with Gasteiger partial charge in [-0.3, -0.25) is 0 Å². The van der Waals surface area contributed by atoms with Gasteiger partial charge < -0.3 is 15.2 Å². The molecule has 1 heterocycles. The van der Waals surface area contributed by atoms with E-state index in [4.69, 9.17) is 15.2 Å². The minimum absolute atomic E-state index is 0.0837. The lowest BCUT2D eigenvalue weighted by Crippen LogP contribution is -2.23. The van der Waals surface area contributed by atoms with Crippen molar-refractivity contribution < 1.29 is 9.47 Å². The second-order valence-electron chi connectivity index (χ2n) is 3.67. The Labute approximate surface area is 89.5 Å². The molecular weight excluding hydrogens is 190 g/mol. The van der Waals surface area contributed by atoms with Gasteiger partial charge in [0.25, 0.3) is 0 Å². The summed E-state index contributed by atoms with van der Waals surface area (Å²) in [6.45, 7) is 0.327. The largest absolute Gasteiger partial charge is 0.462 e. The van der Waals surface area contributed by atoms with Crippen LogP contribution in [0.5, 0.6) is 0 Å². The lowest BCUT2D eigenvalue weighted by Gasteiger charge is -2.11. The molecule has 80 valence electrons. The minimum Gasteiger partial charge on any atom is -0.462 e. The van der Waals surface area contributed by atoms with Crippen molar-refractivity contribution in [3.63, 3.8) is 0 Å². The fraction of sp³-hybridized carbons (Fsp3) is 0.333. The number of hydrogen-bond donors (Lipinski definition) is 1. The summed E-state index contributed by atoms with van der Waals surface area (Å²) in [6, 6.07) is 10.3. The van der Waals surface area contributed by atoms with Crippen LogP contribution in [0.1, 0.15) is 12.0 Å². The van der Waals surface area contributed by atoms with Crippen molar-refractivity contribution in [2.24, 2.45) is 5.73 Å². The molecule has 0 unspecified atom stereocenters. The van der Waals surface area contributed by atoms with Crippen LogP contribution in [0.4, 0.5) is 0 Å². The van der Waals surface area contributed by atoms with Crippen molar-refractivity contribution in [2.75, 3.05) is 6.79 Å². The molecule has 0 aromatic heterocycles. The van der Waals surface area contributed by atoms with Crippen LogP contribution in [0.3, 0.4) is 0 Å². The lowest BCUT2D eigenvalue weighted by atomic mass is 10.0. The van der Waals surface area contributed by atoms with Crippen molar-refractivity contribution in [1.82, 2.24) is 0 Å². The first kappa shape index (κ1) is 10.1.